The monoisotopic (exact) mass is 241 g/mol. The molecule has 1 aliphatic rings. The highest BCUT2D eigenvalue weighted by Gasteiger charge is 2.22. The second kappa shape index (κ2) is 4.39. The maximum Gasteiger partial charge on any atom is 0.153 e. The van der Waals surface area contributed by atoms with Gasteiger partial charge in [0.2, 0.25) is 0 Å². The van der Waals surface area contributed by atoms with E-state index in [1.165, 1.54) is 0 Å². The van der Waals surface area contributed by atoms with Crippen molar-refractivity contribution >= 4 is 15.7 Å². The standard InChI is InChI=1S/C10H15N3O2S/c11-8-9-2-1-3-10(12-9)13-4-6-16(14,15)7-5-13/h1-3H,4-8,11H2. The van der Waals surface area contributed by atoms with E-state index < -0.39 is 9.84 Å². The van der Waals surface area contributed by atoms with Gasteiger partial charge in [-0.25, -0.2) is 13.4 Å². The normalized spacial score (nSPS) is 19.7. The fourth-order valence-electron chi connectivity index (χ4n) is 1.70. The number of aromatic nitrogens is 1. The van der Waals surface area contributed by atoms with Gasteiger partial charge < -0.3 is 10.6 Å². The lowest BCUT2D eigenvalue weighted by Crippen LogP contribution is -2.40. The molecule has 2 rings (SSSR count). The fourth-order valence-corrected chi connectivity index (χ4v) is 2.90. The summed E-state index contributed by atoms with van der Waals surface area (Å²) in [7, 11) is -2.83. The Labute approximate surface area is 95.2 Å². The van der Waals surface area contributed by atoms with Crippen LogP contribution in [0, 0.1) is 0 Å². The molecule has 0 saturated carbocycles. The average molecular weight is 241 g/mol. The van der Waals surface area contributed by atoms with Crippen molar-refractivity contribution in [3.8, 4) is 0 Å². The third-order valence-corrected chi connectivity index (χ3v) is 4.28. The molecule has 1 aromatic heterocycles. The number of nitrogens with zero attached hydrogens (tertiary/aromatic N) is 2. The van der Waals surface area contributed by atoms with E-state index in [0.717, 1.165) is 11.5 Å². The van der Waals surface area contributed by atoms with Crippen LogP contribution in [-0.2, 0) is 16.4 Å². The van der Waals surface area contributed by atoms with Gasteiger partial charge in [-0.1, -0.05) is 6.07 Å². The van der Waals surface area contributed by atoms with E-state index in [2.05, 4.69) is 4.98 Å². The van der Waals surface area contributed by atoms with Gasteiger partial charge in [0.25, 0.3) is 0 Å². The molecule has 1 aromatic rings. The Kier molecular flexibility index (Phi) is 3.11. The van der Waals surface area contributed by atoms with Crippen LogP contribution in [-0.4, -0.2) is 38.0 Å². The van der Waals surface area contributed by atoms with E-state index in [1.807, 2.05) is 23.1 Å². The van der Waals surface area contributed by atoms with Crippen molar-refractivity contribution in [2.75, 3.05) is 29.5 Å². The SMILES string of the molecule is NCc1cccc(N2CCS(=O)(=O)CC2)n1. The maximum absolute atomic E-state index is 11.3. The second-order valence-electron chi connectivity index (χ2n) is 3.83. The zero-order chi connectivity index (χ0) is 11.6. The van der Waals surface area contributed by atoms with E-state index >= 15 is 0 Å². The summed E-state index contributed by atoms with van der Waals surface area (Å²) in [5.74, 6) is 1.24. The predicted molar refractivity (Wildman–Crippen MR) is 63.0 cm³/mol. The molecule has 88 valence electrons. The van der Waals surface area contributed by atoms with Crippen molar-refractivity contribution < 1.29 is 8.42 Å². The fraction of sp³-hybridized carbons (Fsp3) is 0.500. The molecule has 2 heterocycles. The Hall–Kier alpha value is -1.14. The lowest BCUT2D eigenvalue weighted by Gasteiger charge is -2.27. The van der Waals surface area contributed by atoms with E-state index in [4.69, 9.17) is 5.73 Å². The van der Waals surface area contributed by atoms with Crippen LogP contribution in [0.3, 0.4) is 0 Å². The quantitative estimate of drug-likeness (QED) is 0.774. The third kappa shape index (κ3) is 2.51. The third-order valence-electron chi connectivity index (χ3n) is 2.67. The Bertz CT molecular complexity index is 459. The van der Waals surface area contributed by atoms with Gasteiger partial charge in [0.15, 0.2) is 9.84 Å². The lowest BCUT2D eigenvalue weighted by molar-refractivity contribution is 0.586. The minimum Gasteiger partial charge on any atom is -0.355 e. The van der Waals surface area contributed by atoms with Crippen LogP contribution >= 0.6 is 0 Å². The highest BCUT2D eigenvalue weighted by Crippen LogP contribution is 2.14. The smallest absolute Gasteiger partial charge is 0.153 e. The predicted octanol–water partition coefficient (Wildman–Crippen LogP) is -0.225. The Morgan fingerprint density at radius 1 is 1.31 bits per heavy atom. The number of pyridine rings is 1. The summed E-state index contributed by atoms with van der Waals surface area (Å²) >= 11 is 0. The Morgan fingerprint density at radius 2 is 2.00 bits per heavy atom. The molecule has 2 N–H and O–H groups in total. The zero-order valence-electron chi connectivity index (χ0n) is 8.96. The first-order valence-corrected chi connectivity index (χ1v) is 7.04. The molecular formula is C10H15N3O2S. The zero-order valence-corrected chi connectivity index (χ0v) is 9.78. The molecule has 1 aliphatic heterocycles. The summed E-state index contributed by atoms with van der Waals surface area (Å²) in [6.45, 7) is 1.44. The van der Waals surface area contributed by atoms with Gasteiger partial charge in [-0.2, -0.15) is 0 Å². The molecule has 0 aliphatic carbocycles. The number of nitrogens with two attached hydrogens (primary N) is 1. The van der Waals surface area contributed by atoms with Gasteiger partial charge in [0.05, 0.1) is 17.2 Å². The first kappa shape index (κ1) is 11.3. The van der Waals surface area contributed by atoms with Crippen LogP contribution in [0.1, 0.15) is 5.69 Å². The first-order valence-electron chi connectivity index (χ1n) is 5.22. The van der Waals surface area contributed by atoms with Crippen molar-refractivity contribution in [2.24, 2.45) is 5.73 Å². The summed E-state index contributed by atoms with van der Waals surface area (Å²) in [6.07, 6.45) is 0. The minimum atomic E-state index is -2.83. The van der Waals surface area contributed by atoms with Gasteiger partial charge in [0, 0.05) is 19.6 Å². The van der Waals surface area contributed by atoms with Crippen LogP contribution in [0.25, 0.3) is 0 Å². The van der Waals surface area contributed by atoms with Crippen LogP contribution in [0.2, 0.25) is 0 Å². The largest absolute Gasteiger partial charge is 0.355 e. The van der Waals surface area contributed by atoms with Crippen molar-refractivity contribution in [2.45, 2.75) is 6.54 Å². The molecule has 0 spiro atoms. The summed E-state index contributed by atoms with van der Waals surface area (Å²) in [5, 5.41) is 0. The molecule has 1 fully saturated rings. The number of hydrogen-bond donors (Lipinski definition) is 1. The molecule has 0 unspecified atom stereocenters. The summed E-state index contributed by atoms with van der Waals surface area (Å²) in [4.78, 5) is 6.36. The first-order chi connectivity index (χ1) is 7.61. The number of sulfone groups is 1. The highest BCUT2D eigenvalue weighted by atomic mass is 32.2. The summed E-state index contributed by atoms with van der Waals surface area (Å²) in [6, 6.07) is 5.65. The molecule has 0 amide bonds. The second-order valence-corrected chi connectivity index (χ2v) is 6.13. The van der Waals surface area contributed by atoms with Crippen molar-refractivity contribution in [1.29, 1.82) is 0 Å². The van der Waals surface area contributed by atoms with Gasteiger partial charge in [-0.3, -0.25) is 0 Å². The molecule has 5 nitrogen and oxygen atoms in total. The lowest BCUT2D eigenvalue weighted by atomic mass is 10.3. The van der Waals surface area contributed by atoms with E-state index in [1.54, 1.807) is 0 Å². The van der Waals surface area contributed by atoms with E-state index in [-0.39, 0.29) is 11.5 Å². The molecule has 6 heteroatoms. The van der Waals surface area contributed by atoms with Crippen molar-refractivity contribution in [1.82, 2.24) is 4.98 Å². The summed E-state index contributed by atoms with van der Waals surface area (Å²) < 4.78 is 22.6. The number of anilines is 1. The Morgan fingerprint density at radius 3 is 2.62 bits per heavy atom. The molecule has 0 aromatic carbocycles. The average Bonchev–Trinajstić information content (AvgIpc) is 2.29. The molecule has 0 atom stereocenters. The van der Waals surface area contributed by atoms with E-state index in [9.17, 15) is 8.42 Å². The highest BCUT2D eigenvalue weighted by molar-refractivity contribution is 7.91. The Balaban J connectivity index is 2.13. The molecular weight excluding hydrogens is 226 g/mol. The van der Waals surface area contributed by atoms with E-state index in [0.29, 0.717) is 19.6 Å². The van der Waals surface area contributed by atoms with Gasteiger partial charge >= 0.3 is 0 Å². The molecule has 0 radical (unpaired) electrons. The van der Waals surface area contributed by atoms with Crippen LogP contribution in [0.4, 0.5) is 5.82 Å². The van der Waals surface area contributed by atoms with Crippen LogP contribution in [0.5, 0.6) is 0 Å². The number of hydrogen-bond acceptors (Lipinski definition) is 5. The van der Waals surface area contributed by atoms with Gasteiger partial charge in [-0.15, -0.1) is 0 Å². The van der Waals surface area contributed by atoms with Gasteiger partial charge in [-0.05, 0) is 12.1 Å². The van der Waals surface area contributed by atoms with Crippen LogP contribution in [0.15, 0.2) is 18.2 Å². The molecule has 0 bridgehead atoms. The number of rotatable bonds is 2. The molecule has 16 heavy (non-hydrogen) atoms. The van der Waals surface area contributed by atoms with Crippen molar-refractivity contribution in [3.05, 3.63) is 23.9 Å². The molecule has 1 saturated heterocycles. The topological polar surface area (TPSA) is 76.3 Å². The van der Waals surface area contributed by atoms with Crippen LogP contribution < -0.4 is 10.6 Å². The maximum atomic E-state index is 11.3. The summed E-state index contributed by atoms with van der Waals surface area (Å²) in [5.41, 5.74) is 6.34. The van der Waals surface area contributed by atoms with Gasteiger partial charge in [0.1, 0.15) is 5.82 Å². The minimum absolute atomic E-state index is 0.210. The van der Waals surface area contributed by atoms with Crippen molar-refractivity contribution in [3.63, 3.8) is 0 Å².